The zero-order valence-corrected chi connectivity index (χ0v) is 22.4. The molecule has 0 atom stereocenters. The third-order valence-electron chi connectivity index (χ3n) is 9.71. The lowest BCUT2D eigenvalue weighted by Gasteiger charge is -2.57. The highest BCUT2D eigenvalue weighted by atomic mass is 15.0. The normalized spacial score (nSPS) is 24.7. The standard InChI is InChI=1S/C36H30N4/c37-22-23-9-14-31-29(18-23)7-4-8-32(31)35-39-33(27-5-2-1-3-6-27)38-34(40-35)28-10-12-30(13-11-28)36-19-24-15-25(20-36)17-26(16-24)21-36/h1-14,18,24-26H,15-17,19-21H2. The van der Waals surface area contributed by atoms with Gasteiger partial charge in [0.05, 0.1) is 11.6 Å². The molecule has 4 saturated carbocycles. The lowest BCUT2D eigenvalue weighted by molar-refractivity contribution is -0.00518. The van der Waals surface area contributed by atoms with Gasteiger partial charge in [0, 0.05) is 16.7 Å². The molecular formula is C36H30N4. The molecular weight excluding hydrogens is 488 g/mol. The van der Waals surface area contributed by atoms with Crippen LogP contribution in [0.4, 0.5) is 0 Å². The van der Waals surface area contributed by atoms with E-state index in [9.17, 15) is 5.26 Å². The van der Waals surface area contributed by atoms with E-state index in [1.54, 1.807) is 0 Å². The van der Waals surface area contributed by atoms with Crippen molar-refractivity contribution in [3.8, 4) is 40.2 Å². The maximum absolute atomic E-state index is 9.39. The van der Waals surface area contributed by atoms with Crippen molar-refractivity contribution in [1.82, 2.24) is 15.0 Å². The molecule has 0 saturated heterocycles. The molecule has 4 heteroatoms. The highest BCUT2D eigenvalue weighted by Crippen LogP contribution is 2.60. The number of rotatable bonds is 4. The van der Waals surface area contributed by atoms with Crippen LogP contribution in [-0.4, -0.2) is 15.0 Å². The first-order chi connectivity index (χ1) is 19.7. The number of nitrogens with zero attached hydrogens (tertiary/aromatic N) is 4. The highest BCUT2D eigenvalue weighted by molar-refractivity contribution is 5.96. The molecule has 0 amide bonds. The minimum atomic E-state index is 0.373. The van der Waals surface area contributed by atoms with Gasteiger partial charge < -0.3 is 0 Å². The van der Waals surface area contributed by atoms with E-state index >= 15 is 0 Å². The summed E-state index contributed by atoms with van der Waals surface area (Å²) in [4.78, 5) is 14.9. The average molecular weight is 519 g/mol. The second-order valence-corrected chi connectivity index (χ2v) is 12.3. The molecule has 0 aliphatic heterocycles. The van der Waals surface area contributed by atoms with Gasteiger partial charge >= 0.3 is 0 Å². The van der Waals surface area contributed by atoms with Crippen LogP contribution in [0.5, 0.6) is 0 Å². The van der Waals surface area contributed by atoms with E-state index in [2.05, 4.69) is 36.4 Å². The van der Waals surface area contributed by atoms with Crippen LogP contribution in [0.25, 0.3) is 44.9 Å². The fraction of sp³-hybridized carbons (Fsp3) is 0.278. The summed E-state index contributed by atoms with van der Waals surface area (Å²) >= 11 is 0. The Bertz CT molecular complexity index is 1750. The van der Waals surface area contributed by atoms with Crippen molar-refractivity contribution in [2.45, 2.75) is 43.9 Å². The minimum absolute atomic E-state index is 0.373. The van der Waals surface area contributed by atoms with E-state index in [0.717, 1.165) is 45.2 Å². The molecule has 4 aliphatic rings. The maximum atomic E-state index is 9.39. The van der Waals surface area contributed by atoms with Gasteiger partial charge in [-0.15, -0.1) is 0 Å². The predicted molar refractivity (Wildman–Crippen MR) is 158 cm³/mol. The predicted octanol–water partition coefficient (Wildman–Crippen LogP) is 8.37. The summed E-state index contributed by atoms with van der Waals surface area (Å²) in [6.45, 7) is 0. The fourth-order valence-electron chi connectivity index (χ4n) is 8.33. The molecule has 4 fully saturated rings. The van der Waals surface area contributed by atoms with Crippen LogP contribution in [0.2, 0.25) is 0 Å². The second-order valence-electron chi connectivity index (χ2n) is 12.3. The SMILES string of the molecule is N#Cc1ccc2c(-c3nc(-c4ccccc4)nc(-c4ccc(C56CC7CC(CC(C7)C5)C6)cc4)n3)cccc2c1. The maximum Gasteiger partial charge on any atom is 0.164 e. The number of hydrogen-bond acceptors (Lipinski definition) is 4. The lowest BCUT2D eigenvalue weighted by atomic mass is 9.48. The van der Waals surface area contributed by atoms with Crippen LogP contribution in [0.15, 0.2) is 91.0 Å². The zero-order chi connectivity index (χ0) is 26.7. The van der Waals surface area contributed by atoms with E-state index in [1.807, 2.05) is 60.7 Å². The highest BCUT2D eigenvalue weighted by Gasteiger charge is 2.51. The van der Waals surface area contributed by atoms with Gasteiger partial charge in [-0.1, -0.05) is 78.9 Å². The molecule has 9 rings (SSSR count). The quantitative estimate of drug-likeness (QED) is 0.240. The largest absolute Gasteiger partial charge is 0.208 e. The number of nitriles is 1. The number of benzene rings is 4. The van der Waals surface area contributed by atoms with Gasteiger partial charge in [-0.3, -0.25) is 0 Å². The van der Waals surface area contributed by atoms with Crippen LogP contribution in [0, 0.1) is 29.1 Å². The van der Waals surface area contributed by atoms with Crippen molar-refractivity contribution in [2.75, 3.05) is 0 Å². The van der Waals surface area contributed by atoms with E-state index in [1.165, 1.54) is 44.1 Å². The van der Waals surface area contributed by atoms with Gasteiger partial charge in [0.1, 0.15) is 0 Å². The number of aromatic nitrogens is 3. The van der Waals surface area contributed by atoms with Crippen LogP contribution in [0.1, 0.15) is 49.7 Å². The molecule has 4 aromatic carbocycles. The van der Waals surface area contributed by atoms with Crippen LogP contribution in [0.3, 0.4) is 0 Å². The van der Waals surface area contributed by atoms with Crippen molar-refractivity contribution in [3.63, 3.8) is 0 Å². The Morgan fingerprint density at radius 1 is 0.625 bits per heavy atom. The lowest BCUT2D eigenvalue weighted by Crippen LogP contribution is -2.48. The van der Waals surface area contributed by atoms with Crippen molar-refractivity contribution < 1.29 is 0 Å². The molecule has 1 aromatic heterocycles. The van der Waals surface area contributed by atoms with Gasteiger partial charge in [-0.05, 0) is 90.2 Å². The zero-order valence-electron chi connectivity index (χ0n) is 22.4. The van der Waals surface area contributed by atoms with Gasteiger partial charge in [0.2, 0.25) is 0 Å². The van der Waals surface area contributed by atoms with Gasteiger partial charge in [-0.2, -0.15) is 5.26 Å². The molecule has 40 heavy (non-hydrogen) atoms. The van der Waals surface area contributed by atoms with Gasteiger partial charge in [0.25, 0.3) is 0 Å². The molecule has 4 bridgehead atoms. The molecule has 0 unspecified atom stereocenters. The average Bonchev–Trinajstić information content (AvgIpc) is 3.00. The Kier molecular flexibility index (Phi) is 5.35. The van der Waals surface area contributed by atoms with E-state index in [4.69, 9.17) is 15.0 Å². The minimum Gasteiger partial charge on any atom is -0.208 e. The molecule has 4 aliphatic carbocycles. The molecule has 5 aromatic rings. The molecule has 0 radical (unpaired) electrons. The first-order valence-corrected chi connectivity index (χ1v) is 14.5. The van der Waals surface area contributed by atoms with Crippen LogP contribution >= 0.6 is 0 Å². The smallest absolute Gasteiger partial charge is 0.164 e. The monoisotopic (exact) mass is 518 g/mol. The van der Waals surface area contributed by atoms with Crippen molar-refractivity contribution in [1.29, 1.82) is 5.26 Å². The van der Waals surface area contributed by atoms with E-state index in [-0.39, 0.29) is 0 Å². The van der Waals surface area contributed by atoms with Crippen molar-refractivity contribution >= 4 is 10.8 Å². The summed E-state index contributed by atoms with van der Waals surface area (Å²) in [7, 11) is 0. The van der Waals surface area contributed by atoms with Gasteiger partial charge in [-0.25, -0.2) is 15.0 Å². The summed E-state index contributed by atoms with van der Waals surface area (Å²) in [5, 5.41) is 11.4. The Labute approximate surface area is 234 Å². The molecule has 1 heterocycles. The second kappa shape index (κ2) is 9.10. The van der Waals surface area contributed by atoms with Gasteiger partial charge in [0.15, 0.2) is 17.5 Å². The number of hydrogen-bond donors (Lipinski definition) is 0. The van der Waals surface area contributed by atoms with Crippen molar-refractivity contribution in [3.05, 3.63) is 102 Å². The summed E-state index contributed by atoms with van der Waals surface area (Å²) < 4.78 is 0. The molecule has 0 N–H and O–H groups in total. The summed E-state index contributed by atoms with van der Waals surface area (Å²) in [6, 6.07) is 33.4. The molecule has 0 spiro atoms. The van der Waals surface area contributed by atoms with Crippen LogP contribution in [-0.2, 0) is 5.41 Å². The first kappa shape index (κ1) is 23.5. The third-order valence-corrected chi connectivity index (χ3v) is 9.71. The molecule has 194 valence electrons. The Balaban J connectivity index is 1.23. The number of fused-ring (bicyclic) bond motifs is 1. The molecule has 4 nitrogen and oxygen atoms in total. The Morgan fingerprint density at radius 3 is 1.90 bits per heavy atom. The summed E-state index contributed by atoms with van der Waals surface area (Å²) in [5.74, 6) is 4.77. The topological polar surface area (TPSA) is 62.5 Å². The van der Waals surface area contributed by atoms with E-state index in [0.29, 0.717) is 28.5 Å². The third kappa shape index (κ3) is 3.92. The van der Waals surface area contributed by atoms with Crippen LogP contribution < -0.4 is 0 Å². The summed E-state index contributed by atoms with van der Waals surface area (Å²) in [6.07, 6.45) is 8.46. The first-order valence-electron chi connectivity index (χ1n) is 14.5. The fourth-order valence-corrected chi connectivity index (χ4v) is 8.33. The van der Waals surface area contributed by atoms with Crippen molar-refractivity contribution in [2.24, 2.45) is 17.8 Å². The Morgan fingerprint density at radius 2 is 1.25 bits per heavy atom. The van der Waals surface area contributed by atoms with E-state index < -0.39 is 0 Å². The Hall–Kier alpha value is -4.36. The summed E-state index contributed by atoms with van der Waals surface area (Å²) in [5.41, 5.74) is 5.44.